The maximum absolute atomic E-state index is 4.59. The molecular formula is C17H20Br2N2. The van der Waals surface area contributed by atoms with E-state index in [1.54, 1.807) is 0 Å². The normalized spacial score (nSPS) is 12.4. The van der Waals surface area contributed by atoms with E-state index in [9.17, 15) is 0 Å². The zero-order chi connectivity index (χ0) is 15.4. The number of rotatable bonds is 5. The Kier molecular flexibility index (Phi) is 5.97. The van der Waals surface area contributed by atoms with Crippen LogP contribution in [0, 0.1) is 13.8 Å². The summed E-state index contributed by atoms with van der Waals surface area (Å²) in [5.41, 5.74) is 5.06. The van der Waals surface area contributed by atoms with Crippen molar-refractivity contribution in [1.82, 2.24) is 10.3 Å². The molecule has 0 saturated carbocycles. The van der Waals surface area contributed by atoms with Crippen LogP contribution >= 0.6 is 31.9 Å². The van der Waals surface area contributed by atoms with Gasteiger partial charge < -0.3 is 5.32 Å². The molecule has 1 atom stereocenters. The van der Waals surface area contributed by atoms with Crippen LogP contribution in [0.4, 0.5) is 0 Å². The van der Waals surface area contributed by atoms with Gasteiger partial charge in [-0.15, -0.1) is 0 Å². The molecule has 0 aliphatic carbocycles. The number of halogens is 2. The van der Waals surface area contributed by atoms with Gasteiger partial charge in [-0.1, -0.05) is 30.7 Å². The highest BCUT2D eigenvalue weighted by Gasteiger charge is 2.17. The molecule has 1 aromatic carbocycles. The van der Waals surface area contributed by atoms with Crippen LogP contribution in [0.1, 0.15) is 35.3 Å². The number of nitrogens with zero attached hydrogens (tertiary/aromatic N) is 1. The summed E-state index contributed by atoms with van der Waals surface area (Å²) in [5, 5.41) is 3.55. The Morgan fingerprint density at radius 2 is 1.95 bits per heavy atom. The number of likely N-dealkylation sites (N-methyl/N-ethyl adjacent to an activating group) is 1. The minimum Gasteiger partial charge on any atom is -0.309 e. The van der Waals surface area contributed by atoms with E-state index in [4.69, 9.17) is 0 Å². The lowest BCUT2D eigenvalue weighted by atomic mass is 9.97. The Labute approximate surface area is 143 Å². The second kappa shape index (κ2) is 7.52. The summed E-state index contributed by atoms with van der Waals surface area (Å²) in [5.74, 6) is 0. The number of hydrogen-bond acceptors (Lipinski definition) is 2. The summed E-state index contributed by atoms with van der Waals surface area (Å²) < 4.78 is 2.02. The van der Waals surface area contributed by atoms with Gasteiger partial charge in [-0.05, 0) is 75.9 Å². The molecule has 4 heteroatoms. The highest BCUT2D eigenvalue weighted by molar-refractivity contribution is 9.11. The monoisotopic (exact) mass is 410 g/mol. The molecular weight excluding hydrogens is 392 g/mol. The maximum atomic E-state index is 4.59. The van der Waals surface area contributed by atoms with Crippen LogP contribution in [0.3, 0.4) is 0 Å². The molecule has 0 spiro atoms. The summed E-state index contributed by atoms with van der Waals surface area (Å²) in [6.45, 7) is 7.35. The van der Waals surface area contributed by atoms with Crippen LogP contribution in [-0.4, -0.2) is 11.5 Å². The lowest BCUT2D eigenvalue weighted by Crippen LogP contribution is -2.24. The van der Waals surface area contributed by atoms with Gasteiger partial charge in [-0.25, -0.2) is 0 Å². The predicted molar refractivity (Wildman–Crippen MR) is 95.7 cm³/mol. The Hall–Kier alpha value is -0.710. The van der Waals surface area contributed by atoms with Crippen molar-refractivity contribution in [2.24, 2.45) is 0 Å². The first kappa shape index (κ1) is 16.7. The summed E-state index contributed by atoms with van der Waals surface area (Å²) in [7, 11) is 0. The van der Waals surface area contributed by atoms with Crippen LogP contribution < -0.4 is 5.32 Å². The first-order chi connectivity index (χ1) is 10.0. The van der Waals surface area contributed by atoms with E-state index in [0.29, 0.717) is 0 Å². The fourth-order valence-corrected chi connectivity index (χ4v) is 3.70. The molecule has 0 aliphatic rings. The quantitative estimate of drug-likeness (QED) is 0.738. The molecule has 0 fully saturated rings. The van der Waals surface area contributed by atoms with Crippen molar-refractivity contribution in [2.45, 2.75) is 33.2 Å². The summed E-state index contributed by atoms with van der Waals surface area (Å²) >= 11 is 7.09. The largest absolute Gasteiger partial charge is 0.309 e. The van der Waals surface area contributed by atoms with Crippen LogP contribution in [0.25, 0.3) is 0 Å². The van der Waals surface area contributed by atoms with Gasteiger partial charge in [0.15, 0.2) is 0 Å². The third-order valence-corrected chi connectivity index (χ3v) is 4.61. The molecule has 1 N–H and O–H groups in total. The highest BCUT2D eigenvalue weighted by Crippen LogP contribution is 2.27. The molecule has 112 valence electrons. The SMILES string of the molecule is CCNC(Cc1cc(C)ccc1C)c1ncc(Br)cc1Br. The van der Waals surface area contributed by atoms with E-state index < -0.39 is 0 Å². The third-order valence-electron chi connectivity index (χ3n) is 3.55. The molecule has 1 aromatic heterocycles. The molecule has 2 aromatic rings. The average Bonchev–Trinajstić information content (AvgIpc) is 2.42. The summed E-state index contributed by atoms with van der Waals surface area (Å²) in [4.78, 5) is 4.59. The zero-order valence-electron chi connectivity index (χ0n) is 12.6. The van der Waals surface area contributed by atoms with E-state index >= 15 is 0 Å². The van der Waals surface area contributed by atoms with Crippen molar-refractivity contribution < 1.29 is 0 Å². The number of aryl methyl sites for hydroxylation is 2. The number of nitrogens with one attached hydrogen (secondary N) is 1. The van der Waals surface area contributed by atoms with Gasteiger partial charge in [0.1, 0.15) is 0 Å². The van der Waals surface area contributed by atoms with Crippen molar-refractivity contribution in [1.29, 1.82) is 0 Å². The van der Waals surface area contributed by atoms with E-state index in [2.05, 4.69) is 87.2 Å². The van der Waals surface area contributed by atoms with Gasteiger partial charge in [0, 0.05) is 15.1 Å². The van der Waals surface area contributed by atoms with E-state index in [-0.39, 0.29) is 6.04 Å². The number of aromatic nitrogens is 1. The molecule has 0 saturated heterocycles. The standard InChI is InChI=1S/C17H20Br2N2/c1-4-20-16(17-15(19)9-14(18)10-21-17)8-13-7-11(2)5-6-12(13)3/h5-7,9-10,16,20H,4,8H2,1-3H3. The second-order valence-corrected chi connectivity index (χ2v) is 7.03. The Morgan fingerprint density at radius 1 is 1.19 bits per heavy atom. The molecule has 0 radical (unpaired) electrons. The number of benzene rings is 1. The molecule has 2 rings (SSSR count). The van der Waals surface area contributed by atoms with Gasteiger partial charge in [-0.3, -0.25) is 4.98 Å². The molecule has 1 heterocycles. The Bertz CT molecular complexity index is 626. The van der Waals surface area contributed by atoms with E-state index in [1.807, 2.05) is 6.20 Å². The van der Waals surface area contributed by atoms with Gasteiger partial charge in [0.25, 0.3) is 0 Å². The summed E-state index contributed by atoms with van der Waals surface area (Å²) in [6.07, 6.45) is 2.79. The fourth-order valence-electron chi connectivity index (χ4n) is 2.43. The highest BCUT2D eigenvalue weighted by atomic mass is 79.9. The van der Waals surface area contributed by atoms with Gasteiger partial charge in [-0.2, -0.15) is 0 Å². The van der Waals surface area contributed by atoms with Gasteiger partial charge >= 0.3 is 0 Å². The molecule has 2 nitrogen and oxygen atoms in total. The van der Waals surface area contributed by atoms with E-state index in [1.165, 1.54) is 16.7 Å². The zero-order valence-corrected chi connectivity index (χ0v) is 15.8. The molecule has 21 heavy (non-hydrogen) atoms. The second-order valence-electron chi connectivity index (χ2n) is 5.26. The molecule has 0 amide bonds. The maximum Gasteiger partial charge on any atom is 0.0719 e. The fraction of sp³-hybridized carbons (Fsp3) is 0.353. The predicted octanol–water partition coefficient (Wildman–Crippen LogP) is 5.12. The Balaban J connectivity index is 2.32. The summed E-state index contributed by atoms with van der Waals surface area (Å²) in [6, 6.07) is 8.88. The van der Waals surface area contributed by atoms with Crippen LogP contribution in [0.15, 0.2) is 39.4 Å². The molecule has 0 bridgehead atoms. The number of hydrogen-bond donors (Lipinski definition) is 1. The lowest BCUT2D eigenvalue weighted by molar-refractivity contribution is 0.533. The van der Waals surface area contributed by atoms with Crippen molar-refractivity contribution in [3.63, 3.8) is 0 Å². The van der Waals surface area contributed by atoms with Gasteiger partial charge in [0.05, 0.1) is 11.7 Å². The van der Waals surface area contributed by atoms with E-state index in [0.717, 1.165) is 27.6 Å². The van der Waals surface area contributed by atoms with Crippen LogP contribution in [0.2, 0.25) is 0 Å². The van der Waals surface area contributed by atoms with Crippen LogP contribution in [-0.2, 0) is 6.42 Å². The molecule has 1 unspecified atom stereocenters. The number of pyridine rings is 1. The lowest BCUT2D eigenvalue weighted by Gasteiger charge is -2.20. The van der Waals surface area contributed by atoms with Crippen molar-refractivity contribution >= 4 is 31.9 Å². The topological polar surface area (TPSA) is 24.9 Å². The van der Waals surface area contributed by atoms with Gasteiger partial charge in [0.2, 0.25) is 0 Å². The van der Waals surface area contributed by atoms with Crippen molar-refractivity contribution in [2.75, 3.05) is 6.54 Å². The Morgan fingerprint density at radius 3 is 2.62 bits per heavy atom. The minimum atomic E-state index is 0.206. The third kappa shape index (κ3) is 4.38. The molecule has 0 aliphatic heterocycles. The van der Waals surface area contributed by atoms with Crippen LogP contribution in [0.5, 0.6) is 0 Å². The van der Waals surface area contributed by atoms with Crippen molar-refractivity contribution in [3.05, 3.63) is 61.8 Å². The first-order valence-electron chi connectivity index (χ1n) is 7.11. The average molecular weight is 412 g/mol. The van der Waals surface area contributed by atoms with Crippen molar-refractivity contribution in [3.8, 4) is 0 Å². The minimum absolute atomic E-state index is 0.206. The first-order valence-corrected chi connectivity index (χ1v) is 8.70. The smallest absolute Gasteiger partial charge is 0.0719 e.